The van der Waals surface area contributed by atoms with Crippen molar-refractivity contribution in [2.75, 3.05) is 12.4 Å². The molecule has 0 aliphatic heterocycles. The van der Waals surface area contributed by atoms with Crippen molar-refractivity contribution < 1.29 is 17.9 Å². The highest BCUT2D eigenvalue weighted by atomic mass is 32.2. The Balaban J connectivity index is 1.80. The van der Waals surface area contributed by atoms with Crippen molar-refractivity contribution in [1.82, 2.24) is 14.1 Å². The molecule has 3 rings (SSSR count). The molecule has 9 nitrogen and oxygen atoms in total. The topological polar surface area (TPSA) is 111 Å². The van der Waals surface area contributed by atoms with Crippen molar-refractivity contribution >= 4 is 21.6 Å². The summed E-state index contributed by atoms with van der Waals surface area (Å²) in [5, 5.41) is 2.56. The van der Waals surface area contributed by atoms with Crippen molar-refractivity contribution in [3.63, 3.8) is 0 Å². The summed E-state index contributed by atoms with van der Waals surface area (Å²) in [6, 6.07) is 13.7. The average Bonchev–Trinajstić information content (AvgIpc) is 2.97. The zero-order valence-electron chi connectivity index (χ0n) is 17.6. The Morgan fingerprint density at radius 3 is 2.26 bits per heavy atom. The number of para-hydroxylation sites is 1. The molecular weight excluding hydrogens is 420 g/mol. The number of nitrogens with one attached hydrogen (secondary N) is 2. The van der Waals surface area contributed by atoms with E-state index in [1.54, 1.807) is 42.9 Å². The molecule has 0 aliphatic carbocycles. The van der Waals surface area contributed by atoms with Gasteiger partial charge in [0.05, 0.1) is 29.4 Å². The van der Waals surface area contributed by atoms with Crippen molar-refractivity contribution in [3.8, 4) is 11.4 Å². The van der Waals surface area contributed by atoms with Gasteiger partial charge in [0, 0.05) is 7.05 Å². The molecule has 10 heteroatoms. The number of anilines is 1. The van der Waals surface area contributed by atoms with Crippen LogP contribution in [0.3, 0.4) is 0 Å². The Morgan fingerprint density at radius 2 is 1.68 bits per heavy atom. The molecule has 0 fully saturated rings. The summed E-state index contributed by atoms with van der Waals surface area (Å²) in [5.41, 5.74) is 0.857. The third-order valence-electron chi connectivity index (χ3n) is 4.90. The largest absolute Gasteiger partial charge is 0.497 e. The molecule has 0 spiro atoms. The fraction of sp³-hybridized carbons (Fsp3) is 0.238. The second-order valence-corrected chi connectivity index (χ2v) is 8.66. The number of amides is 1. The smallest absolute Gasteiger partial charge is 0.295 e. The van der Waals surface area contributed by atoms with Crippen molar-refractivity contribution in [1.29, 1.82) is 0 Å². The first kappa shape index (κ1) is 22.3. The average molecular weight is 445 g/mol. The molecule has 164 valence electrons. The van der Waals surface area contributed by atoms with Crippen LogP contribution in [0.5, 0.6) is 5.75 Å². The molecule has 0 saturated carbocycles. The minimum atomic E-state index is -3.94. The van der Waals surface area contributed by atoms with Gasteiger partial charge in [-0.25, -0.2) is 13.1 Å². The Morgan fingerprint density at radius 1 is 1.06 bits per heavy atom. The normalized spacial score (nSPS) is 12.4. The Bertz CT molecular complexity index is 1250. The predicted octanol–water partition coefficient (Wildman–Crippen LogP) is 1.80. The van der Waals surface area contributed by atoms with E-state index in [1.807, 2.05) is 6.07 Å². The highest BCUT2D eigenvalue weighted by Crippen LogP contribution is 2.17. The molecule has 1 aromatic heterocycles. The zero-order chi connectivity index (χ0) is 22.8. The molecule has 3 aromatic rings. The Hall–Kier alpha value is -3.37. The van der Waals surface area contributed by atoms with E-state index in [1.165, 1.54) is 43.0 Å². The van der Waals surface area contributed by atoms with E-state index in [0.717, 1.165) is 0 Å². The fourth-order valence-electron chi connectivity index (χ4n) is 3.05. The number of ether oxygens (including phenoxy) is 1. The quantitative estimate of drug-likeness (QED) is 0.577. The number of nitrogens with zero attached hydrogens (tertiary/aromatic N) is 2. The second-order valence-electron chi connectivity index (χ2n) is 6.94. The number of aromatic nitrogens is 2. The van der Waals surface area contributed by atoms with E-state index in [9.17, 15) is 18.0 Å². The second kappa shape index (κ2) is 8.78. The molecule has 1 amide bonds. The maximum absolute atomic E-state index is 12.9. The summed E-state index contributed by atoms with van der Waals surface area (Å²) < 4.78 is 35.5. The van der Waals surface area contributed by atoms with Crippen molar-refractivity contribution in [2.24, 2.45) is 7.05 Å². The van der Waals surface area contributed by atoms with Crippen LogP contribution in [-0.2, 0) is 21.9 Å². The van der Waals surface area contributed by atoms with Gasteiger partial charge in [-0.1, -0.05) is 18.2 Å². The van der Waals surface area contributed by atoms with E-state index in [2.05, 4.69) is 10.0 Å². The Labute approximate surface area is 180 Å². The number of sulfonamides is 1. The van der Waals surface area contributed by atoms with Gasteiger partial charge < -0.3 is 10.1 Å². The van der Waals surface area contributed by atoms with E-state index >= 15 is 0 Å². The van der Waals surface area contributed by atoms with Crippen LogP contribution in [0.4, 0.5) is 5.69 Å². The van der Waals surface area contributed by atoms with Gasteiger partial charge in [-0.3, -0.25) is 14.3 Å². The van der Waals surface area contributed by atoms with Crippen LogP contribution in [0.1, 0.15) is 12.6 Å². The monoisotopic (exact) mass is 444 g/mol. The lowest BCUT2D eigenvalue weighted by atomic mass is 10.3. The molecule has 1 heterocycles. The summed E-state index contributed by atoms with van der Waals surface area (Å²) in [6.07, 6.45) is 0. The number of carbonyl (C=O) groups is 1. The molecule has 1 atom stereocenters. The van der Waals surface area contributed by atoms with Crippen LogP contribution in [0.2, 0.25) is 0 Å². The number of hydrogen-bond donors (Lipinski definition) is 2. The van der Waals surface area contributed by atoms with Gasteiger partial charge >= 0.3 is 0 Å². The number of carbonyl (C=O) groups excluding carboxylic acids is 1. The van der Waals surface area contributed by atoms with Gasteiger partial charge in [0.1, 0.15) is 11.4 Å². The molecule has 0 aliphatic rings. The van der Waals surface area contributed by atoms with Crippen LogP contribution in [0, 0.1) is 6.92 Å². The van der Waals surface area contributed by atoms with Crippen molar-refractivity contribution in [3.05, 3.63) is 70.6 Å². The molecule has 0 saturated heterocycles. The fourth-order valence-corrected chi connectivity index (χ4v) is 4.26. The summed E-state index contributed by atoms with van der Waals surface area (Å²) in [6.45, 7) is 3.10. The summed E-state index contributed by atoms with van der Waals surface area (Å²) >= 11 is 0. The van der Waals surface area contributed by atoms with Gasteiger partial charge in [-0.2, -0.15) is 4.72 Å². The van der Waals surface area contributed by atoms with Crippen LogP contribution in [0.15, 0.2) is 64.3 Å². The maximum Gasteiger partial charge on any atom is 0.295 e. The first-order valence-electron chi connectivity index (χ1n) is 9.47. The third kappa shape index (κ3) is 4.54. The van der Waals surface area contributed by atoms with Gasteiger partial charge in [0.2, 0.25) is 15.9 Å². The van der Waals surface area contributed by atoms with Crippen LogP contribution in [-0.4, -0.2) is 36.8 Å². The zero-order valence-corrected chi connectivity index (χ0v) is 18.4. The van der Waals surface area contributed by atoms with Crippen LogP contribution >= 0.6 is 0 Å². The molecule has 2 aromatic carbocycles. The highest BCUT2D eigenvalue weighted by molar-refractivity contribution is 7.89. The molecule has 0 radical (unpaired) electrons. The summed E-state index contributed by atoms with van der Waals surface area (Å²) in [5.74, 6) is -0.137. The number of benzene rings is 2. The molecule has 0 bridgehead atoms. The highest BCUT2D eigenvalue weighted by Gasteiger charge is 2.25. The van der Waals surface area contributed by atoms with Crippen LogP contribution < -0.4 is 20.3 Å². The number of rotatable bonds is 7. The number of methoxy groups -OCH3 is 1. The lowest BCUT2D eigenvalue weighted by Gasteiger charge is -2.14. The summed E-state index contributed by atoms with van der Waals surface area (Å²) in [4.78, 5) is 25.6. The number of hydrogen-bond acceptors (Lipinski definition) is 5. The van der Waals surface area contributed by atoms with Crippen molar-refractivity contribution in [2.45, 2.75) is 24.8 Å². The van der Waals surface area contributed by atoms with Gasteiger partial charge in [-0.15, -0.1) is 0 Å². The first-order valence-corrected chi connectivity index (χ1v) is 11.0. The standard InChI is InChI=1S/C21H24N4O5S/c1-14(23-31(28,29)18-12-10-17(30-4)11-13-18)20(26)22-19-15(2)24(3)25(21(19)27)16-8-6-5-7-9-16/h5-14,23H,1-4H3,(H,22,26)/t14-/m0/s1. The van der Waals surface area contributed by atoms with Gasteiger partial charge in [0.15, 0.2) is 0 Å². The lowest BCUT2D eigenvalue weighted by Crippen LogP contribution is -2.42. The molecule has 0 unspecified atom stereocenters. The molecular formula is C21H24N4O5S. The van der Waals surface area contributed by atoms with E-state index < -0.39 is 27.5 Å². The van der Waals surface area contributed by atoms with E-state index in [-0.39, 0.29) is 10.6 Å². The molecule has 31 heavy (non-hydrogen) atoms. The minimum Gasteiger partial charge on any atom is -0.497 e. The van der Waals surface area contributed by atoms with Gasteiger partial charge in [-0.05, 0) is 50.2 Å². The molecule has 2 N–H and O–H groups in total. The van der Waals surface area contributed by atoms with Crippen LogP contribution in [0.25, 0.3) is 5.69 Å². The maximum atomic E-state index is 12.9. The summed E-state index contributed by atoms with van der Waals surface area (Å²) in [7, 11) is -0.762. The SMILES string of the molecule is COc1ccc(S(=O)(=O)N[C@@H](C)C(=O)Nc2c(C)n(C)n(-c3ccccc3)c2=O)cc1. The van der Waals surface area contributed by atoms with E-state index in [0.29, 0.717) is 17.1 Å². The first-order chi connectivity index (χ1) is 14.7. The van der Waals surface area contributed by atoms with E-state index in [4.69, 9.17) is 4.74 Å². The minimum absolute atomic E-state index is 0.00438. The Kier molecular flexibility index (Phi) is 6.32. The lowest BCUT2D eigenvalue weighted by molar-refractivity contribution is -0.117. The van der Waals surface area contributed by atoms with Gasteiger partial charge in [0.25, 0.3) is 5.56 Å². The third-order valence-corrected chi connectivity index (χ3v) is 6.45. The predicted molar refractivity (Wildman–Crippen MR) is 117 cm³/mol.